The van der Waals surface area contributed by atoms with Gasteiger partial charge >= 0.3 is 0 Å². The first-order valence-electron chi connectivity index (χ1n) is 6.03. The molecule has 0 amide bonds. The Kier molecular flexibility index (Phi) is 3.60. The highest BCUT2D eigenvalue weighted by Gasteiger charge is 2.15. The van der Waals surface area contributed by atoms with E-state index in [0.717, 1.165) is 33.0 Å². The minimum absolute atomic E-state index is 0.265. The second-order valence-electron chi connectivity index (χ2n) is 4.18. The van der Waals surface area contributed by atoms with Crippen LogP contribution in [0.2, 0.25) is 0 Å². The smallest absolute Gasteiger partial charge is 0.231 e. The van der Waals surface area contributed by atoms with Gasteiger partial charge in [0.25, 0.3) is 0 Å². The van der Waals surface area contributed by atoms with Crippen molar-refractivity contribution in [3.8, 4) is 17.2 Å². The van der Waals surface area contributed by atoms with Crippen LogP contribution in [0.1, 0.15) is 5.56 Å². The standard InChI is InChI=1S/C15H12BrNO3/c1-18-12-4-2-11(3-5-12)17-8-10-6-14-15(7-13(10)16)20-9-19-14/h2-8H,9H2,1H3. The molecule has 4 nitrogen and oxygen atoms in total. The maximum atomic E-state index is 5.36. The van der Waals surface area contributed by atoms with E-state index in [0.29, 0.717) is 0 Å². The number of benzene rings is 2. The predicted octanol–water partition coefficient (Wildman–Crippen LogP) is 3.94. The van der Waals surface area contributed by atoms with E-state index >= 15 is 0 Å². The third kappa shape index (κ3) is 2.63. The van der Waals surface area contributed by atoms with Gasteiger partial charge in [-0.2, -0.15) is 0 Å². The molecule has 0 N–H and O–H groups in total. The van der Waals surface area contributed by atoms with Crippen molar-refractivity contribution in [2.75, 3.05) is 13.9 Å². The first-order chi connectivity index (χ1) is 9.76. The summed E-state index contributed by atoms with van der Waals surface area (Å²) in [4.78, 5) is 4.43. The zero-order valence-corrected chi connectivity index (χ0v) is 12.4. The second kappa shape index (κ2) is 5.54. The summed E-state index contributed by atoms with van der Waals surface area (Å²) in [6.45, 7) is 0.265. The molecule has 0 saturated heterocycles. The Morgan fingerprint density at radius 3 is 2.55 bits per heavy atom. The number of hydrogen-bond donors (Lipinski definition) is 0. The lowest BCUT2D eigenvalue weighted by atomic mass is 10.2. The van der Waals surface area contributed by atoms with E-state index in [2.05, 4.69) is 20.9 Å². The number of rotatable bonds is 3. The van der Waals surface area contributed by atoms with Crippen LogP contribution >= 0.6 is 15.9 Å². The Hall–Kier alpha value is -2.01. The van der Waals surface area contributed by atoms with Crippen molar-refractivity contribution in [3.05, 3.63) is 46.4 Å². The Labute approximate surface area is 125 Å². The summed E-state index contributed by atoms with van der Waals surface area (Å²) in [6.07, 6.45) is 1.79. The number of ether oxygens (including phenoxy) is 3. The average molecular weight is 334 g/mol. The van der Waals surface area contributed by atoms with E-state index in [9.17, 15) is 0 Å². The van der Waals surface area contributed by atoms with Crippen molar-refractivity contribution in [2.24, 2.45) is 4.99 Å². The molecule has 20 heavy (non-hydrogen) atoms. The first-order valence-corrected chi connectivity index (χ1v) is 6.83. The fraction of sp³-hybridized carbons (Fsp3) is 0.133. The molecular formula is C15H12BrNO3. The van der Waals surface area contributed by atoms with Crippen LogP contribution in [0.15, 0.2) is 45.9 Å². The van der Waals surface area contributed by atoms with Crippen molar-refractivity contribution >= 4 is 27.8 Å². The minimum atomic E-state index is 0.265. The van der Waals surface area contributed by atoms with Gasteiger partial charge in [-0.15, -0.1) is 0 Å². The summed E-state index contributed by atoms with van der Waals surface area (Å²) in [5.74, 6) is 2.30. The average Bonchev–Trinajstić information content (AvgIpc) is 2.92. The highest BCUT2D eigenvalue weighted by atomic mass is 79.9. The van der Waals surface area contributed by atoms with Gasteiger partial charge in [0.05, 0.1) is 12.8 Å². The van der Waals surface area contributed by atoms with Gasteiger partial charge in [-0.25, -0.2) is 0 Å². The summed E-state index contributed by atoms with van der Waals surface area (Å²) < 4.78 is 16.7. The van der Waals surface area contributed by atoms with Gasteiger partial charge in [-0.05, 0) is 52.3 Å². The van der Waals surface area contributed by atoms with E-state index in [-0.39, 0.29) is 6.79 Å². The molecule has 1 aliphatic rings. The molecule has 0 unspecified atom stereocenters. The Balaban J connectivity index is 1.84. The zero-order valence-electron chi connectivity index (χ0n) is 10.8. The van der Waals surface area contributed by atoms with Gasteiger partial charge in [0.1, 0.15) is 5.75 Å². The topological polar surface area (TPSA) is 40.0 Å². The van der Waals surface area contributed by atoms with Crippen molar-refractivity contribution in [3.63, 3.8) is 0 Å². The van der Waals surface area contributed by atoms with Gasteiger partial charge in [-0.1, -0.05) is 0 Å². The Bertz CT molecular complexity index is 653. The maximum absolute atomic E-state index is 5.36. The number of fused-ring (bicyclic) bond motifs is 1. The van der Waals surface area contributed by atoms with Crippen LogP contribution in [-0.2, 0) is 0 Å². The number of aliphatic imine (C=N–C) groups is 1. The molecule has 2 aromatic carbocycles. The molecule has 1 aliphatic heterocycles. The van der Waals surface area contributed by atoms with Crippen LogP contribution < -0.4 is 14.2 Å². The van der Waals surface area contributed by atoms with Gasteiger partial charge in [0, 0.05) is 16.3 Å². The summed E-state index contributed by atoms with van der Waals surface area (Å²) in [5, 5.41) is 0. The van der Waals surface area contributed by atoms with Crippen LogP contribution in [0.5, 0.6) is 17.2 Å². The first kappa shape index (κ1) is 13.0. The van der Waals surface area contributed by atoms with Crippen molar-refractivity contribution < 1.29 is 14.2 Å². The van der Waals surface area contributed by atoms with E-state index < -0.39 is 0 Å². The molecule has 102 valence electrons. The van der Waals surface area contributed by atoms with Gasteiger partial charge in [0.2, 0.25) is 6.79 Å². The summed E-state index contributed by atoms with van der Waals surface area (Å²) in [7, 11) is 1.64. The molecule has 0 aliphatic carbocycles. The summed E-state index contributed by atoms with van der Waals surface area (Å²) >= 11 is 3.50. The molecule has 1 heterocycles. The van der Waals surface area contributed by atoms with Crippen LogP contribution in [0.4, 0.5) is 5.69 Å². The lowest BCUT2D eigenvalue weighted by Crippen LogP contribution is -1.92. The fourth-order valence-corrected chi connectivity index (χ4v) is 2.27. The summed E-state index contributed by atoms with van der Waals surface area (Å²) in [5.41, 5.74) is 1.79. The third-order valence-electron chi connectivity index (χ3n) is 2.92. The van der Waals surface area contributed by atoms with E-state index in [1.165, 1.54) is 0 Å². The largest absolute Gasteiger partial charge is 0.497 e. The molecule has 0 aromatic heterocycles. The fourth-order valence-electron chi connectivity index (χ4n) is 1.84. The lowest BCUT2D eigenvalue weighted by molar-refractivity contribution is 0.174. The highest BCUT2D eigenvalue weighted by Crippen LogP contribution is 2.36. The van der Waals surface area contributed by atoms with Crippen LogP contribution in [0.3, 0.4) is 0 Å². The van der Waals surface area contributed by atoms with Crippen molar-refractivity contribution in [1.82, 2.24) is 0 Å². The molecule has 0 radical (unpaired) electrons. The number of nitrogens with zero attached hydrogens (tertiary/aromatic N) is 1. The maximum Gasteiger partial charge on any atom is 0.231 e. The molecular weight excluding hydrogens is 322 g/mol. The number of halogens is 1. The van der Waals surface area contributed by atoms with Crippen molar-refractivity contribution in [2.45, 2.75) is 0 Å². The molecule has 0 spiro atoms. The lowest BCUT2D eigenvalue weighted by Gasteiger charge is -2.02. The number of methoxy groups -OCH3 is 1. The minimum Gasteiger partial charge on any atom is -0.497 e. The van der Waals surface area contributed by atoms with E-state index in [1.54, 1.807) is 13.3 Å². The summed E-state index contributed by atoms with van der Waals surface area (Å²) in [6, 6.07) is 11.3. The van der Waals surface area contributed by atoms with Crippen LogP contribution in [-0.4, -0.2) is 20.1 Å². The molecule has 0 bridgehead atoms. The Morgan fingerprint density at radius 2 is 1.85 bits per heavy atom. The molecule has 0 atom stereocenters. The SMILES string of the molecule is COc1ccc(N=Cc2cc3c(cc2Br)OCO3)cc1. The molecule has 0 fully saturated rings. The van der Waals surface area contributed by atoms with Gasteiger partial charge in [0.15, 0.2) is 11.5 Å². The monoisotopic (exact) mass is 333 g/mol. The molecule has 2 aromatic rings. The number of hydrogen-bond acceptors (Lipinski definition) is 4. The van der Waals surface area contributed by atoms with Crippen LogP contribution in [0, 0.1) is 0 Å². The normalized spacial score (nSPS) is 12.9. The quantitative estimate of drug-likeness (QED) is 0.799. The van der Waals surface area contributed by atoms with E-state index in [1.807, 2.05) is 36.4 Å². The molecule has 0 saturated carbocycles. The molecule has 3 rings (SSSR count). The van der Waals surface area contributed by atoms with E-state index in [4.69, 9.17) is 14.2 Å². The van der Waals surface area contributed by atoms with Crippen molar-refractivity contribution in [1.29, 1.82) is 0 Å². The highest BCUT2D eigenvalue weighted by molar-refractivity contribution is 9.10. The second-order valence-corrected chi connectivity index (χ2v) is 5.04. The third-order valence-corrected chi connectivity index (χ3v) is 3.60. The van der Waals surface area contributed by atoms with Gasteiger partial charge < -0.3 is 14.2 Å². The predicted molar refractivity (Wildman–Crippen MR) is 80.5 cm³/mol. The zero-order chi connectivity index (χ0) is 13.9. The van der Waals surface area contributed by atoms with Crippen LogP contribution in [0.25, 0.3) is 0 Å². The Morgan fingerprint density at radius 1 is 1.15 bits per heavy atom. The molecule has 5 heteroatoms. The van der Waals surface area contributed by atoms with Gasteiger partial charge in [-0.3, -0.25) is 4.99 Å².